The molecule has 20 heavy (non-hydrogen) atoms. The maximum absolute atomic E-state index is 11.6. The molecule has 2 aromatic heterocycles. The zero-order chi connectivity index (χ0) is 14.4. The van der Waals surface area contributed by atoms with Crippen molar-refractivity contribution in [2.24, 2.45) is 5.10 Å². The fourth-order valence-corrected chi connectivity index (χ4v) is 2.51. The Kier molecular flexibility index (Phi) is 4.89. The highest BCUT2D eigenvalue weighted by molar-refractivity contribution is 7.17. The van der Waals surface area contributed by atoms with E-state index in [0.29, 0.717) is 0 Å². The average molecular weight is 292 g/mol. The standard InChI is InChI=1S/C13H16N4O2S/c1-3-17(4-2)13-14-8-10(20-13)9-15-16-12(18)11-6-5-7-19-11/h5-9H,3-4H2,1-2H3,(H,16,18)/b15-9+. The SMILES string of the molecule is CCN(CC)c1ncc(/C=N/NC(=O)c2ccco2)s1. The van der Waals surface area contributed by atoms with Gasteiger partial charge in [-0.05, 0) is 26.0 Å². The summed E-state index contributed by atoms with van der Waals surface area (Å²) < 4.78 is 4.96. The van der Waals surface area contributed by atoms with Gasteiger partial charge in [0.2, 0.25) is 0 Å². The normalized spacial score (nSPS) is 10.9. The molecule has 106 valence electrons. The summed E-state index contributed by atoms with van der Waals surface area (Å²) in [5.41, 5.74) is 2.40. The van der Waals surface area contributed by atoms with Gasteiger partial charge in [-0.25, -0.2) is 10.4 Å². The minimum absolute atomic E-state index is 0.232. The van der Waals surface area contributed by atoms with Crippen LogP contribution < -0.4 is 10.3 Å². The first-order chi connectivity index (χ1) is 9.74. The molecule has 0 fully saturated rings. The number of anilines is 1. The second kappa shape index (κ2) is 6.85. The highest BCUT2D eigenvalue weighted by Gasteiger charge is 2.08. The fourth-order valence-electron chi connectivity index (χ4n) is 1.59. The molecule has 0 aliphatic carbocycles. The van der Waals surface area contributed by atoms with Crippen LogP contribution in [-0.2, 0) is 0 Å². The van der Waals surface area contributed by atoms with Crippen molar-refractivity contribution in [3.05, 3.63) is 35.2 Å². The number of carbonyl (C=O) groups is 1. The van der Waals surface area contributed by atoms with E-state index < -0.39 is 0 Å². The smallest absolute Gasteiger partial charge is 0.307 e. The van der Waals surface area contributed by atoms with E-state index in [1.54, 1.807) is 24.5 Å². The number of hydrazone groups is 1. The van der Waals surface area contributed by atoms with Gasteiger partial charge in [0.05, 0.1) is 17.4 Å². The molecule has 2 heterocycles. The molecule has 1 amide bonds. The van der Waals surface area contributed by atoms with E-state index in [-0.39, 0.29) is 11.7 Å². The van der Waals surface area contributed by atoms with Crippen LogP contribution in [0.15, 0.2) is 34.1 Å². The maximum atomic E-state index is 11.6. The van der Waals surface area contributed by atoms with Crippen LogP contribution in [0, 0.1) is 0 Å². The third kappa shape index (κ3) is 3.45. The van der Waals surface area contributed by atoms with E-state index in [4.69, 9.17) is 4.42 Å². The van der Waals surface area contributed by atoms with E-state index in [1.807, 2.05) is 0 Å². The van der Waals surface area contributed by atoms with Crippen molar-refractivity contribution in [3.63, 3.8) is 0 Å². The van der Waals surface area contributed by atoms with E-state index in [9.17, 15) is 4.79 Å². The van der Waals surface area contributed by atoms with Crippen LogP contribution in [0.5, 0.6) is 0 Å². The lowest BCUT2D eigenvalue weighted by Crippen LogP contribution is -2.21. The van der Waals surface area contributed by atoms with Crippen LogP contribution in [0.2, 0.25) is 0 Å². The summed E-state index contributed by atoms with van der Waals surface area (Å²) in [5, 5.41) is 4.84. The second-order valence-electron chi connectivity index (χ2n) is 3.89. The zero-order valence-corrected chi connectivity index (χ0v) is 12.2. The van der Waals surface area contributed by atoms with Gasteiger partial charge in [0.25, 0.3) is 0 Å². The Morgan fingerprint density at radius 3 is 3.00 bits per heavy atom. The van der Waals surface area contributed by atoms with Crippen molar-refractivity contribution >= 4 is 28.6 Å². The molecular formula is C13H16N4O2S. The number of hydrogen-bond donors (Lipinski definition) is 1. The number of nitrogens with zero attached hydrogens (tertiary/aromatic N) is 3. The number of rotatable bonds is 6. The van der Waals surface area contributed by atoms with Gasteiger partial charge in [0, 0.05) is 19.3 Å². The van der Waals surface area contributed by atoms with Crippen LogP contribution in [0.4, 0.5) is 5.13 Å². The summed E-state index contributed by atoms with van der Waals surface area (Å²) in [6.45, 7) is 6.00. The van der Waals surface area contributed by atoms with Gasteiger partial charge in [-0.3, -0.25) is 4.79 Å². The van der Waals surface area contributed by atoms with Gasteiger partial charge in [0.1, 0.15) is 0 Å². The number of amides is 1. The largest absolute Gasteiger partial charge is 0.459 e. The topological polar surface area (TPSA) is 70.7 Å². The van der Waals surface area contributed by atoms with Crippen LogP contribution in [0.1, 0.15) is 29.3 Å². The molecule has 0 unspecified atom stereocenters. The Morgan fingerprint density at radius 2 is 2.35 bits per heavy atom. The lowest BCUT2D eigenvalue weighted by Gasteiger charge is -2.16. The first kappa shape index (κ1) is 14.3. The molecule has 0 radical (unpaired) electrons. The lowest BCUT2D eigenvalue weighted by atomic mass is 10.4. The Hall–Kier alpha value is -2.15. The van der Waals surface area contributed by atoms with Gasteiger partial charge in [-0.15, -0.1) is 0 Å². The van der Waals surface area contributed by atoms with Crippen molar-refractivity contribution < 1.29 is 9.21 Å². The van der Waals surface area contributed by atoms with Crippen molar-refractivity contribution in [3.8, 4) is 0 Å². The van der Waals surface area contributed by atoms with Gasteiger partial charge < -0.3 is 9.32 Å². The number of aromatic nitrogens is 1. The van der Waals surface area contributed by atoms with Crippen molar-refractivity contribution in [2.75, 3.05) is 18.0 Å². The molecule has 0 aliphatic heterocycles. The second-order valence-corrected chi connectivity index (χ2v) is 4.93. The quantitative estimate of drug-likeness (QED) is 0.655. The summed E-state index contributed by atoms with van der Waals surface area (Å²) in [4.78, 5) is 18.9. The first-order valence-corrected chi connectivity index (χ1v) is 7.14. The van der Waals surface area contributed by atoms with Gasteiger partial charge >= 0.3 is 5.91 Å². The zero-order valence-electron chi connectivity index (χ0n) is 11.4. The third-order valence-corrected chi connectivity index (χ3v) is 3.64. The summed E-state index contributed by atoms with van der Waals surface area (Å²) in [6.07, 6.45) is 4.75. The van der Waals surface area contributed by atoms with Crippen LogP contribution in [0.25, 0.3) is 0 Å². The number of hydrogen-bond acceptors (Lipinski definition) is 6. The van der Waals surface area contributed by atoms with Gasteiger partial charge in [0.15, 0.2) is 10.9 Å². The Bertz CT molecular complexity index is 573. The minimum Gasteiger partial charge on any atom is -0.459 e. The Labute approximate surface area is 121 Å². The molecule has 7 heteroatoms. The number of furan rings is 1. The highest BCUT2D eigenvalue weighted by atomic mass is 32.1. The van der Waals surface area contributed by atoms with E-state index in [0.717, 1.165) is 23.1 Å². The Balaban J connectivity index is 1.93. The van der Waals surface area contributed by atoms with Crippen molar-refractivity contribution in [1.29, 1.82) is 0 Å². The third-order valence-electron chi connectivity index (χ3n) is 2.65. The van der Waals surface area contributed by atoms with E-state index in [2.05, 4.69) is 34.3 Å². The molecule has 0 saturated carbocycles. The molecule has 0 saturated heterocycles. The molecule has 6 nitrogen and oxygen atoms in total. The molecule has 2 rings (SSSR count). The Morgan fingerprint density at radius 1 is 1.55 bits per heavy atom. The summed E-state index contributed by atoms with van der Waals surface area (Å²) in [6, 6.07) is 3.23. The highest BCUT2D eigenvalue weighted by Crippen LogP contribution is 2.20. The number of carbonyl (C=O) groups excluding carboxylic acids is 1. The number of thiazole rings is 1. The van der Waals surface area contributed by atoms with Crippen LogP contribution in [0.3, 0.4) is 0 Å². The lowest BCUT2D eigenvalue weighted by molar-refractivity contribution is 0.0927. The predicted octanol–water partition coefficient (Wildman–Crippen LogP) is 2.35. The molecule has 1 N–H and O–H groups in total. The predicted molar refractivity (Wildman–Crippen MR) is 79.4 cm³/mol. The molecule has 0 atom stereocenters. The molecule has 0 aromatic carbocycles. The fraction of sp³-hybridized carbons (Fsp3) is 0.308. The van der Waals surface area contributed by atoms with E-state index >= 15 is 0 Å². The molecule has 0 aliphatic rings. The minimum atomic E-state index is -0.375. The molecular weight excluding hydrogens is 276 g/mol. The van der Waals surface area contributed by atoms with E-state index in [1.165, 1.54) is 17.6 Å². The van der Waals surface area contributed by atoms with Crippen LogP contribution >= 0.6 is 11.3 Å². The van der Waals surface area contributed by atoms with Crippen molar-refractivity contribution in [1.82, 2.24) is 10.4 Å². The van der Waals surface area contributed by atoms with Crippen LogP contribution in [-0.4, -0.2) is 30.2 Å². The van der Waals surface area contributed by atoms with Gasteiger partial charge in [-0.2, -0.15) is 5.10 Å². The maximum Gasteiger partial charge on any atom is 0.307 e. The van der Waals surface area contributed by atoms with Gasteiger partial charge in [-0.1, -0.05) is 11.3 Å². The summed E-state index contributed by atoms with van der Waals surface area (Å²) >= 11 is 1.53. The summed E-state index contributed by atoms with van der Waals surface area (Å²) in [7, 11) is 0. The monoisotopic (exact) mass is 292 g/mol. The van der Waals surface area contributed by atoms with Crippen molar-refractivity contribution in [2.45, 2.75) is 13.8 Å². The average Bonchev–Trinajstić information content (AvgIpc) is 3.11. The number of nitrogens with one attached hydrogen (secondary N) is 1. The molecule has 0 bridgehead atoms. The molecule has 0 spiro atoms. The first-order valence-electron chi connectivity index (χ1n) is 6.32. The molecule has 2 aromatic rings. The summed E-state index contributed by atoms with van der Waals surface area (Å²) in [5.74, 6) is -0.144.